The second-order valence-corrected chi connectivity index (χ2v) is 4.53. The summed E-state index contributed by atoms with van der Waals surface area (Å²) in [6.45, 7) is 0. The van der Waals surface area contributed by atoms with Crippen LogP contribution in [-0.2, 0) is 9.47 Å². The lowest BCUT2D eigenvalue weighted by molar-refractivity contribution is -0.411. The number of ether oxygens (including phenoxy) is 3. The SMILES string of the molecule is COC(=O)c1ccc(OC(F)(F)[C@@H](F)OC(F)(F)F)c(Br)c1. The van der Waals surface area contributed by atoms with Crippen molar-refractivity contribution in [3.8, 4) is 5.75 Å². The van der Waals surface area contributed by atoms with Crippen molar-refractivity contribution in [2.75, 3.05) is 7.11 Å². The van der Waals surface area contributed by atoms with E-state index in [1.807, 2.05) is 0 Å². The van der Waals surface area contributed by atoms with Crippen LogP contribution in [0.3, 0.4) is 0 Å². The molecule has 1 aromatic carbocycles. The molecule has 1 rings (SSSR count). The molecule has 22 heavy (non-hydrogen) atoms. The van der Waals surface area contributed by atoms with Crippen molar-refractivity contribution in [1.82, 2.24) is 0 Å². The van der Waals surface area contributed by atoms with E-state index in [0.717, 1.165) is 25.3 Å². The Labute approximate surface area is 128 Å². The third kappa shape index (κ3) is 5.05. The number of alkyl halides is 6. The highest BCUT2D eigenvalue weighted by Gasteiger charge is 2.50. The van der Waals surface area contributed by atoms with Crippen LogP contribution in [0.15, 0.2) is 22.7 Å². The molecule has 1 atom stereocenters. The van der Waals surface area contributed by atoms with Gasteiger partial charge in [-0.05, 0) is 34.1 Å². The van der Waals surface area contributed by atoms with Crippen molar-refractivity contribution in [3.63, 3.8) is 0 Å². The van der Waals surface area contributed by atoms with Crippen LogP contribution in [0, 0.1) is 0 Å². The molecule has 4 nitrogen and oxygen atoms in total. The summed E-state index contributed by atoms with van der Waals surface area (Å²) in [4.78, 5) is 11.2. The highest BCUT2D eigenvalue weighted by molar-refractivity contribution is 9.10. The van der Waals surface area contributed by atoms with E-state index in [2.05, 4.69) is 30.1 Å². The minimum atomic E-state index is -5.60. The number of carbonyl (C=O) groups excluding carboxylic acids is 1. The maximum absolute atomic E-state index is 13.2. The molecule has 0 spiro atoms. The van der Waals surface area contributed by atoms with Crippen molar-refractivity contribution in [3.05, 3.63) is 28.2 Å². The van der Waals surface area contributed by atoms with E-state index < -0.39 is 30.5 Å². The van der Waals surface area contributed by atoms with E-state index in [1.165, 1.54) is 0 Å². The zero-order valence-electron chi connectivity index (χ0n) is 10.6. The lowest BCUT2D eigenvalue weighted by Gasteiger charge is -2.22. The summed E-state index contributed by atoms with van der Waals surface area (Å²) in [5.41, 5.74) is -0.0478. The molecule has 0 aliphatic rings. The van der Waals surface area contributed by atoms with Crippen molar-refractivity contribution in [2.24, 2.45) is 0 Å². The highest BCUT2D eigenvalue weighted by atomic mass is 79.9. The maximum atomic E-state index is 13.2. The predicted octanol–water partition coefficient (Wildman–Crippen LogP) is 4.04. The fourth-order valence-electron chi connectivity index (χ4n) is 1.21. The van der Waals surface area contributed by atoms with E-state index in [1.54, 1.807) is 0 Å². The smallest absolute Gasteiger partial charge is 0.465 e. The van der Waals surface area contributed by atoms with E-state index in [-0.39, 0.29) is 10.0 Å². The Morgan fingerprint density at radius 2 is 1.82 bits per heavy atom. The first-order valence-corrected chi connectivity index (χ1v) is 6.09. The summed E-state index contributed by atoms with van der Waals surface area (Å²) >= 11 is 2.76. The zero-order chi connectivity index (χ0) is 17.1. The molecule has 0 N–H and O–H groups in total. The van der Waals surface area contributed by atoms with Gasteiger partial charge in [-0.15, -0.1) is 13.2 Å². The van der Waals surface area contributed by atoms with Gasteiger partial charge < -0.3 is 9.47 Å². The predicted molar refractivity (Wildman–Crippen MR) is 63.1 cm³/mol. The summed E-state index contributed by atoms with van der Waals surface area (Å²) in [7, 11) is 1.08. The van der Waals surface area contributed by atoms with Gasteiger partial charge in [0.15, 0.2) is 0 Å². The summed E-state index contributed by atoms with van der Waals surface area (Å²) in [5, 5.41) is 0. The number of carbonyl (C=O) groups is 1. The van der Waals surface area contributed by atoms with E-state index in [0.29, 0.717) is 0 Å². The minimum absolute atomic E-state index is 0.0478. The molecule has 0 amide bonds. The standard InChI is InChI=1S/C11H7BrF6O4/c1-20-8(19)5-2-3-7(6(12)4-5)21-10(14,15)9(13)22-11(16,17)18/h2-4,9H,1H3/t9-/m0/s1. The molecular weight excluding hydrogens is 390 g/mol. The summed E-state index contributed by atoms with van der Waals surface area (Å²) in [6, 6.07) is 2.83. The average Bonchev–Trinajstić information content (AvgIpc) is 2.38. The van der Waals surface area contributed by atoms with Crippen LogP contribution in [0.5, 0.6) is 5.75 Å². The van der Waals surface area contributed by atoms with E-state index in [4.69, 9.17) is 0 Å². The molecule has 1 aromatic rings. The van der Waals surface area contributed by atoms with Crippen LogP contribution < -0.4 is 4.74 Å². The van der Waals surface area contributed by atoms with Crippen LogP contribution in [0.2, 0.25) is 0 Å². The molecule has 0 saturated heterocycles. The zero-order valence-corrected chi connectivity index (χ0v) is 12.2. The van der Waals surface area contributed by atoms with Gasteiger partial charge in [0.2, 0.25) is 0 Å². The average molecular weight is 397 g/mol. The fraction of sp³-hybridized carbons (Fsp3) is 0.364. The summed E-state index contributed by atoms with van der Waals surface area (Å²) in [6.07, 6.45) is -14.6. The highest BCUT2D eigenvalue weighted by Crippen LogP contribution is 2.35. The molecule has 124 valence electrons. The van der Waals surface area contributed by atoms with Crippen molar-refractivity contribution in [1.29, 1.82) is 0 Å². The molecule has 11 heteroatoms. The molecule has 0 unspecified atom stereocenters. The second kappa shape index (κ2) is 6.73. The molecule has 0 fully saturated rings. The van der Waals surface area contributed by atoms with Gasteiger partial charge in [0.1, 0.15) is 5.75 Å². The van der Waals surface area contributed by atoms with E-state index >= 15 is 0 Å². The molecule has 0 saturated carbocycles. The number of esters is 1. The second-order valence-electron chi connectivity index (χ2n) is 3.68. The number of benzene rings is 1. The Bertz CT molecular complexity index is 548. The van der Waals surface area contributed by atoms with Gasteiger partial charge in [0.25, 0.3) is 0 Å². The number of halogens is 7. The third-order valence-corrected chi connectivity index (χ3v) is 2.72. The van der Waals surface area contributed by atoms with Crippen molar-refractivity contribution in [2.45, 2.75) is 18.8 Å². The first kappa shape index (κ1) is 18.6. The topological polar surface area (TPSA) is 44.8 Å². The third-order valence-electron chi connectivity index (χ3n) is 2.10. The Balaban J connectivity index is 2.91. The Hall–Kier alpha value is -1.49. The van der Waals surface area contributed by atoms with Gasteiger partial charge in [-0.1, -0.05) is 0 Å². The lowest BCUT2D eigenvalue weighted by atomic mass is 10.2. The van der Waals surface area contributed by atoms with Crippen LogP contribution in [0.1, 0.15) is 10.4 Å². The lowest BCUT2D eigenvalue weighted by Crippen LogP contribution is -2.41. The molecule has 0 aliphatic carbocycles. The van der Waals surface area contributed by atoms with Crippen LogP contribution >= 0.6 is 15.9 Å². The van der Waals surface area contributed by atoms with Crippen LogP contribution in [-0.4, -0.2) is 31.9 Å². The van der Waals surface area contributed by atoms with Gasteiger partial charge in [0, 0.05) is 0 Å². The number of methoxy groups -OCH3 is 1. The Morgan fingerprint density at radius 3 is 2.27 bits per heavy atom. The van der Waals surface area contributed by atoms with Gasteiger partial charge in [0.05, 0.1) is 17.1 Å². The van der Waals surface area contributed by atoms with E-state index in [9.17, 15) is 31.1 Å². The van der Waals surface area contributed by atoms with Gasteiger partial charge in [-0.3, -0.25) is 0 Å². The minimum Gasteiger partial charge on any atom is -0.465 e. The van der Waals surface area contributed by atoms with Gasteiger partial charge in [-0.25, -0.2) is 13.9 Å². The summed E-state index contributed by atoms with van der Waals surface area (Å²) < 4.78 is 85.0. The van der Waals surface area contributed by atoms with Crippen molar-refractivity contribution >= 4 is 21.9 Å². The van der Waals surface area contributed by atoms with Crippen molar-refractivity contribution < 1.29 is 45.3 Å². The molecule has 0 aliphatic heterocycles. The fourth-order valence-corrected chi connectivity index (χ4v) is 1.67. The molecule has 0 heterocycles. The van der Waals surface area contributed by atoms with Gasteiger partial charge in [-0.2, -0.15) is 8.78 Å². The normalized spacial score (nSPS) is 13.6. The molecular formula is C11H7BrF6O4. The number of hydrogen-bond acceptors (Lipinski definition) is 4. The Morgan fingerprint density at radius 1 is 1.23 bits per heavy atom. The quantitative estimate of drug-likeness (QED) is 0.556. The van der Waals surface area contributed by atoms with Gasteiger partial charge >= 0.3 is 24.8 Å². The number of rotatable bonds is 5. The van der Waals surface area contributed by atoms with Crippen LogP contribution in [0.4, 0.5) is 26.3 Å². The summed E-state index contributed by atoms with van der Waals surface area (Å²) in [5.74, 6) is -1.49. The Kier molecular flexibility index (Phi) is 5.68. The van der Waals surface area contributed by atoms with Crippen LogP contribution in [0.25, 0.3) is 0 Å². The first-order chi connectivity index (χ1) is 9.96. The largest absolute Gasteiger partial charge is 0.525 e. The monoisotopic (exact) mass is 396 g/mol. The molecule has 0 bridgehead atoms. The molecule has 0 aromatic heterocycles. The first-order valence-electron chi connectivity index (χ1n) is 5.29. The molecule has 0 radical (unpaired) electrons. The maximum Gasteiger partial charge on any atom is 0.525 e. The number of hydrogen-bond donors (Lipinski definition) is 0.